The molecule has 0 saturated heterocycles. The van der Waals surface area contributed by atoms with Crippen molar-refractivity contribution in [3.05, 3.63) is 89.1 Å². The molecule has 1 fully saturated rings. The van der Waals surface area contributed by atoms with Crippen LogP contribution in [0.2, 0.25) is 0 Å². The number of carbonyl (C=O) groups is 2. The minimum atomic E-state index is -3.30. The van der Waals surface area contributed by atoms with Crippen molar-refractivity contribution in [2.75, 3.05) is 36.1 Å². The number of nitrogens with one attached hydrogen (secondary N) is 2. The monoisotopic (exact) mass is 697 g/mol. The van der Waals surface area contributed by atoms with Gasteiger partial charge in [0.05, 0.1) is 17.5 Å². The van der Waals surface area contributed by atoms with Crippen molar-refractivity contribution >= 4 is 55.4 Å². The molecule has 5 rings (SSSR count). The number of nitrogens with zero attached hydrogens (tertiary/aromatic N) is 3. The zero-order valence-corrected chi connectivity index (χ0v) is 30.9. The highest BCUT2D eigenvalue weighted by atomic mass is 32.2. The lowest BCUT2D eigenvalue weighted by Crippen LogP contribution is -2.34. The molecule has 3 aromatic carbocycles. The van der Waals surface area contributed by atoms with Crippen molar-refractivity contribution in [1.29, 1.82) is 0 Å². The normalized spacial score (nSPS) is 14.2. The Balaban J connectivity index is 1.56. The standard InChI is InChI=1S/C40H51N5O4S/c1-6-8-14-29-19-21-31(22-20-29)42-40(47)37(43-34-24-23-32(27-28(34)3)45(7-2)26-25-41-50(5,48)49)39(46)36-33-17-12-13-18-35(33)44(4)38(36)30-15-10-9-11-16-30/h12-13,17-24,27,30,41H,6-11,14-16,25-26H2,1-5H3,(H,42,47). The van der Waals surface area contributed by atoms with Gasteiger partial charge in [-0.25, -0.2) is 18.1 Å². The van der Waals surface area contributed by atoms with Gasteiger partial charge in [-0.15, -0.1) is 0 Å². The number of aliphatic imine (C=N–C) groups is 1. The highest BCUT2D eigenvalue weighted by Crippen LogP contribution is 2.39. The van der Waals surface area contributed by atoms with Gasteiger partial charge in [0.25, 0.3) is 5.91 Å². The molecule has 0 radical (unpaired) electrons. The lowest BCUT2D eigenvalue weighted by molar-refractivity contribution is -0.110. The van der Waals surface area contributed by atoms with Crippen molar-refractivity contribution in [3.8, 4) is 0 Å². The molecule has 0 atom stereocenters. The van der Waals surface area contributed by atoms with E-state index >= 15 is 0 Å². The third kappa shape index (κ3) is 8.89. The third-order valence-electron chi connectivity index (χ3n) is 9.74. The summed E-state index contributed by atoms with van der Waals surface area (Å²) in [4.78, 5) is 36.0. The zero-order chi connectivity index (χ0) is 35.8. The third-order valence-corrected chi connectivity index (χ3v) is 10.5. The van der Waals surface area contributed by atoms with Crippen molar-refractivity contribution in [3.63, 3.8) is 0 Å². The van der Waals surface area contributed by atoms with Crippen molar-refractivity contribution in [1.82, 2.24) is 9.29 Å². The van der Waals surface area contributed by atoms with E-state index in [4.69, 9.17) is 4.99 Å². The molecule has 10 heteroatoms. The summed E-state index contributed by atoms with van der Waals surface area (Å²) < 4.78 is 27.9. The number of carbonyl (C=O) groups excluding carboxylic acids is 2. The first kappa shape index (κ1) is 37.0. The molecule has 1 aliphatic carbocycles. The largest absolute Gasteiger partial charge is 0.370 e. The fourth-order valence-corrected chi connectivity index (χ4v) is 7.53. The van der Waals surface area contributed by atoms with Gasteiger partial charge in [0.1, 0.15) is 0 Å². The Morgan fingerprint density at radius 2 is 1.70 bits per heavy atom. The number of amides is 1. The minimum absolute atomic E-state index is 0.158. The second-order valence-electron chi connectivity index (χ2n) is 13.4. The summed E-state index contributed by atoms with van der Waals surface area (Å²) in [5.74, 6) is -0.715. The maximum Gasteiger partial charge on any atom is 0.278 e. The number of ketones is 1. The summed E-state index contributed by atoms with van der Waals surface area (Å²) in [5, 5.41) is 3.81. The summed E-state index contributed by atoms with van der Waals surface area (Å²) >= 11 is 0. The van der Waals surface area contributed by atoms with Gasteiger partial charge >= 0.3 is 0 Å². The van der Waals surface area contributed by atoms with Crippen molar-refractivity contribution in [2.24, 2.45) is 12.0 Å². The molecular weight excluding hydrogens is 647 g/mol. The van der Waals surface area contributed by atoms with Gasteiger partial charge in [-0.3, -0.25) is 9.59 Å². The number of unbranched alkanes of at least 4 members (excludes halogenated alkanes) is 1. The number of aryl methyl sites for hydroxylation is 3. The van der Waals surface area contributed by atoms with Crippen LogP contribution in [0.25, 0.3) is 10.9 Å². The van der Waals surface area contributed by atoms with Gasteiger partial charge in [0.2, 0.25) is 15.8 Å². The van der Waals surface area contributed by atoms with Crippen LogP contribution < -0.4 is 14.9 Å². The number of para-hydroxylation sites is 1. The molecule has 0 spiro atoms. The molecule has 4 aromatic rings. The first-order chi connectivity index (χ1) is 24.0. The SMILES string of the molecule is CCCCc1ccc(NC(=O)C(=Nc2ccc(N(CC)CCNS(C)(=O)=O)cc2C)C(=O)c2c(C3CCCCC3)n(C)c3ccccc23)cc1. The molecule has 9 nitrogen and oxygen atoms in total. The highest BCUT2D eigenvalue weighted by Gasteiger charge is 2.32. The Morgan fingerprint density at radius 3 is 2.36 bits per heavy atom. The topological polar surface area (TPSA) is 113 Å². The van der Waals surface area contributed by atoms with Crippen LogP contribution in [0.1, 0.15) is 91.9 Å². The van der Waals surface area contributed by atoms with Gasteiger partial charge in [0.15, 0.2) is 5.71 Å². The first-order valence-electron chi connectivity index (χ1n) is 17.9. The molecule has 1 amide bonds. The van der Waals surface area contributed by atoms with Crippen LogP contribution in [0.15, 0.2) is 71.7 Å². The molecule has 1 heterocycles. The number of fused-ring (bicyclic) bond motifs is 1. The Hall–Kier alpha value is -4.28. The van der Waals surface area contributed by atoms with Crippen molar-refractivity contribution in [2.45, 2.75) is 78.1 Å². The predicted octanol–water partition coefficient (Wildman–Crippen LogP) is 7.85. The summed E-state index contributed by atoms with van der Waals surface area (Å²) in [6, 6.07) is 21.4. The molecule has 50 heavy (non-hydrogen) atoms. The Morgan fingerprint density at radius 1 is 0.980 bits per heavy atom. The first-order valence-corrected chi connectivity index (χ1v) is 19.8. The van der Waals surface area contributed by atoms with E-state index in [-0.39, 0.29) is 24.0 Å². The van der Waals surface area contributed by atoms with Gasteiger partial charge in [-0.05, 0) is 93.0 Å². The summed E-state index contributed by atoms with van der Waals surface area (Å²) in [6.07, 6.45) is 9.73. The van der Waals surface area contributed by atoms with Crippen LogP contribution in [0, 0.1) is 6.92 Å². The average Bonchev–Trinajstić information content (AvgIpc) is 3.41. The minimum Gasteiger partial charge on any atom is -0.370 e. The average molecular weight is 698 g/mol. The van der Waals surface area contributed by atoms with E-state index in [0.717, 1.165) is 79.0 Å². The number of hydrogen-bond acceptors (Lipinski definition) is 6. The van der Waals surface area contributed by atoms with E-state index in [9.17, 15) is 18.0 Å². The summed E-state index contributed by atoms with van der Waals surface area (Å²) in [6.45, 7) is 7.51. The maximum atomic E-state index is 14.9. The summed E-state index contributed by atoms with van der Waals surface area (Å²) in [7, 11) is -1.27. The van der Waals surface area contributed by atoms with E-state index in [2.05, 4.69) is 26.4 Å². The fourth-order valence-electron chi connectivity index (χ4n) is 7.07. The molecule has 0 unspecified atom stereocenters. The lowest BCUT2D eigenvalue weighted by atomic mass is 9.84. The molecule has 2 N–H and O–H groups in total. The van der Waals surface area contributed by atoms with E-state index in [1.807, 2.05) is 87.6 Å². The molecule has 0 aliphatic heterocycles. The van der Waals surface area contributed by atoms with Gasteiger partial charge in [-0.1, -0.05) is 62.9 Å². The molecule has 0 bridgehead atoms. The van der Waals surface area contributed by atoms with Crippen LogP contribution in [-0.2, 0) is 28.3 Å². The fraction of sp³-hybridized carbons (Fsp3) is 0.425. The summed E-state index contributed by atoms with van der Waals surface area (Å²) in [5.41, 5.74) is 6.36. The van der Waals surface area contributed by atoms with Gasteiger partial charge in [-0.2, -0.15) is 0 Å². The van der Waals surface area contributed by atoms with E-state index in [1.54, 1.807) is 0 Å². The second kappa shape index (κ2) is 16.6. The van der Waals surface area contributed by atoms with Crippen LogP contribution in [0.3, 0.4) is 0 Å². The number of hydrogen-bond donors (Lipinski definition) is 2. The highest BCUT2D eigenvalue weighted by molar-refractivity contribution is 7.88. The molecule has 1 aliphatic rings. The second-order valence-corrected chi connectivity index (χ2v) is 15.3. The van der Waals surface area contributed by atoms with Gasteiger partial charge < -0.3 is 14.8 Å². The van der Waals surface area contributed by atoms with Crippen LogP contribution in [0.5, 0.6) is 0 Å². The molecular formula is C40H51N5O4S. The van der Waals surface area contributed by atoms with Crippen LogP contribution in [0.4, 0.5) is 17.1 Å². The van der Waals surface area contributed by atoms with E-state index in [1.165, 1.54) is 12.0 Å². The molecule has 1 saturated carbocycles. The predicted molar refractivity (Wildman–Crippen MR) is 206 cm³/mol. The number of Topliss-reactive ketones (excluding diaryl/α,β-unsaturated/α-hetero) is 1. The molecule has 266 valence electrons. The van der Waals surface area contributed by atoms with Crippen LogP contribution in [-0.4, -0.2) is 56.3 Å². The van der Waals surface area contributed by atoms with E-state index < -0.39 is 15.9 Å². The Bertz CT molecular complexity index is 1960. The number of sulfonamides is 1. The van der Waals surface area contributed by atoms with Crippen molar-refractivity contribution < 1.29 is 18.0 Å². The number of aromatic nitrogens is 1. The van der Waals surface area contributed by atoms with Crippen LogP contribution >= 0.6 is 0 Å². The lowest BCUT2D eigenvalue weighted by Gasteiger charge is -2.24. The number of likely N-dealkylation sites (N-methyl/N-ethyl adjacent to an activating group) is 1. The Labute approximate surface area is 297 Å². The number of benzene rings is 3. The maximum absolute atomic E-state index is 14.9. The number of rotatable bonds is 15. The smallest absolute Gasteiger partial charge is 0.278 e. The number of anilines is 2. The van der Waals surface area contributed by atoms with E-state index in [0.29, 0.717) is 30.0 Å². The van der Waals surface area contributed by atoms with Gasteiger partial charge in [0, 0.05) is 54.7 Å². The zero-order valence-electron chi connectivity index (χ0n) is 30.1. The Kier molecular flexibility index (Phi) is 12.3. The quantitative estimate of drug-likeness (QED) is 0.0747. The molecule has 1 aromatic heterocycles.